The van der Waals surface area contributed by atoms with Crippen LogP contribution in [0.2, 0.25) is 5.02 Å². The Hall–Kier alpha value is -1.06. The summed E-state index contributed by atoms with van der Waals surface area (Å²) in [7, 11) is 0. The lowest BCUT2D eigenvalue weighted by Crippen LogP contribution is -2.07. The van der Waals surface area contributed by atoms with Crippen LogP contribution < -0.4 is 11.5 Å². The number of nitrogen functional groups attached to an aromatic ring is 1. The Morgan fingerprint density at radius 1 is 1.43 bits per heavy atom. The summed E-state index contributed by atoms with van der Waals surface area (Å²) in [5.74, 6) is -0.00421. The summed E-state index contributed by atoms with van der Waals surface area (Å²) in [5.41, 5.74) is 11.9. The standard InChI is InChI=1S/C10H13ClN2O/c11-7-3-4-9(13)8(6-7)10(14)2-1-5-12/h3-4,6H,1-2,5,12-13H2. The zero-order chi connectivity index (χ0) is 10.6. The maximum Gasteiger partial charge on any atom is 0.165 e. The zero-order valence-corrected chi connectivity index (χ0v) is 8.55. The molecular weight excluding hydrogens is 200 g/mol. The first-order valence-corrected chi connectivity index (χ1v) is 4.81. The fourth-order valence-corrected chi connectivity index (χ4v) is 1.34. The van der Waals surface area contributed by atoms with E-state index >= 15 is 0 Å². The molecule has 76 valence electrons. The van der Waals surface area contributed by atoms with E-state index < -0.39 is 0 Å². The molecule has 0 spiro atoms. The molecule has 0 unspecified atom stereocenters. The van der Waals surface area contributed by atoms with Crippen molar-refractivity contribution in [2.45, 2.75) is 12.8 Å². The maximum absolute atomic E-state index is 11.6. The molecule has 0 aliphatic rings. The Morgan fingerprint density at radius 2 is 2.14 bits per heavy atom. The molecule has 0 aliphatic heterocycles. The van der Waals surface area contributed by atoms with Crippen LogP contribution in [0, 0.1) is 0 Å². The number of hydrogen-bond acceptors (Lipinski definition) is 3. The number of ketones is 1. The van der Waals surface area contributed by atoms with Gasteiger partial charge in [0.2, 0.25) is 0 Å². The average molecular weight is 213 g/mol. The van der Waals surface area contributed by atoms with Crippen molar-refractivity contribution in [3.05, 3.63) is 28.8 Å². The van der Waals surface area contributed by atoms with Crippen LogP contribution in [0.5, 0.6) is 0 Å². The molecule has 0 atom stereocenters. The topological polar surface area (TPSA) is 69.1 Å². The van der Waals surface area contributed by atoms with Crippen molar-refractivity contribution in [1.82, 2.24) is 0 Å². The van der Waals surface area contributed by atoms with Gasteiger partial charge in [0.25, 0.3) is 0 Å². The molecule has 1 aromatic rings. The molecule has 0 aliphatic carbocycles. The number of hydrogen-bond donors (Lipinski definition) is 2. The summed E-state index contributed by atoms with van der Waals surface area (Å²) in [5, 5.41) is 0.523. The number of carbonyl (C=O) groups is 1. The third-order valence-electron chi connectivity index (χ3n) is 1.92. The Labute approximate surface area is 88.0 Å². The zero-order valence-electron chi connectivity index (χ0n) is 7.79. The minimum Gasteiger partial charge on any atom is -0.398 e. The summed E-state index contributed by atoms with van der Waals surface area (Å²) in [6.07, 6.45) is 1.09. The number of rotatable bonds is 4. The number of halogens is 1. The minimum absolute atomic E-state index is 0.00421. The van der Waals surface area contributed by atoms with Crippen LogP contribution in [-0.4, -0.2) is 12.3 Å². The first-order chi connectivity index (χ1) is 6.65. The van der Waals surface area contributed by atoms with Gasteiger partial charge in [0, 0.05) is 22.7 Å². The van der Waals surface area contributed by atoms with E-state index in [-0.39, 0.29) is 5.78 Å². The minimum atomic E-state index is -0.00421. The van der Waals surface area contributed by atoms with Crippen LogP contribution in [0.1, 0.15) is 23.2 Å². The molecule has 4 N–H and O–H groups in total. The highest BCUT2D eigenvalue weighted by molar-refractivity contribution is 6.31. The molecule has 4 heteroatoms. The summed E-state index contributed by atoms with van der Waals surface area (Å²) < 4.78 is 0. The van der Waals surface area contributed by atoms with Crippen molar-refractivity contribution in [3.63, 3.8) is 0 Å². The molecular formula is C10H13ClN2O. The summed E-state index contributed by atoms with van der Waals surface area (Å²) in [6.45, 7) is 0.506. The molecule has 1 rings (SSSR count). The van der Waals surface area contributed by atoms with Crippen LogP contribution in [-0.2, 0) is 0 Å². The van der Waals surface area contributed by atoms with Crippen molar-refractivity contribution >= 4 is 23.1 Å². The van der Waals surface area contributed by atoms with Crippen LogP contribution in [0.3, 0.4) is 0 Å². The monoisotopic (exact) mass is 212 g/mol. The highest BCUT2D eigenvalue weighted by atomic mass is 35.5. The molecule has 0 saturated heterocycles. The average Bonchev–Trinajstić information content (AvgIpc) is 2.18. The Balaban J connectivity index is 2.83. The predicted molar refractivity (Wildman–Crippen MR) is 58.5 cm³/mol. The van der Waals surface area contributed by atoms with Gasteiger partial charge < -0.3 is 11.5 Å². The van der Waals surface area contributed by atoms with Crippen LogP contribution in [0.4, 0.5) is 5.69 Å². The normalized spacial score (nSPS) is 10.1. The van der Waals surface area contributed by atoms with E-state index in [9.17, 15) is 4.79 Å². The highest BCUT2D eigenvalue weighted by Crippen LogP contribution is 2.19. The third kappa shape index (κ3) is 2.72. The summed E-state index contributed by atoms with van der Waals surface area (Å²) in [6, 6.07) is 4.89. The Bertz CT molecular complexity index is 339. The smallest absolute Gasteiger partial charge is 0.165 e. The van der Waals surface area contributed by atoms with Crippen molar-refractivity contribution in [1.29, 1.82) is 0 Å². The Kier molecular flexibility index (Phi) is 3.92. The van der Waals surface area contributed by atoms with Crippen LogP contribution >= 0.6 is 11.6 Å². The first-order valence-electron chi connectivity index (χ1n) is 4.43. The molecule has 0 saturated carbocycles. The third-order valence-corrected chi connectivity index (χ3v) is 2.16. The van der Waals surface area contributed by atoms with Gasteiger partial charge in [-0.25, -0.2) is 0 Å². The summed E-state index contributed by atoms with van der Waals surface area (Å²) >= 11 is 5.76. The lowest BCUT2D eigenvalue weighted by Gasteiger charge is -2.04. The van der Waals surface area contributed by atoms with E-state index in [1.165, 1.54) is 0 Å². The molecule has 14 heavy (non-hydrogen) atoms. The van der Waals surface area contributed by atoms with Crippen molar-refractivity contribution in [3.8, 4) is 0 Å². The van der Waals surface area contributed by atoms with E-state index in [4.69, 9.17) is 23.1 Å². The number of benzene rings is 1. The van der Waals surface area contributed by atoms with E-state index in [1.54, 1.807) is 18.2 Å². The molecule has 0 radical (unpaired) electrons. The number of anilines is 1. The molecule has 3 nitrogen and oxygen atoms in total. The van der Waals surface area contributed by atoms with E-state index in [0.717, 1.165) is 0 Å². The second kappa shape index (κ2) is 4.98. The van der Waals surface area contributed by atoms with Gasteiger partial charge in [0.05, 0.1) is 0 Å². The second-order valence-electron chi connectivity index (χ2n) is 3.05. The lowest BCUT2D eigenvalue weighted by molar-refractivity contribution is 0.0981. The number of carbonyl (C=O) groups excluding carboxylic acids is 1. The first kappa shape index (κ1) is 11.0. The second-order valence-corrected chi connectivity index (χ2v) is 3.48. The lowest BCUT2D eigenvalue weighted by atomic mass is 10.0. The molecule has 0 bridgehead atoms. The van der Waals surface area contributed by atoms with Crippen molar-refractivity contribution in [2.75, 3.05) is 12.3 Å². The van der Waals surface area contributed by atoms with Gasteiger partial charge in [-0.2, -0.15) is 0 Å². The fraction of sp³-hybridized carbons (Fsp3) is 0.300. The van der Waals surface area contributed by atoms with Crippen LogP contribution in [0.15, 0.2) is 18.2 Å². The molecule has 0 amide bonds. The van der Waals surface area contributed by atoms with Gasteiger partial charge in [-0.15, -0.1) is 0 Å². The predicted octanol–water partition coefficient (Wildman–Crippen LogP) is 1.84. The van der Waals surface area contributed by atoms with Crippen LogP contribution in [0.25, 0.3) is 0 Å². The maximum atomic E-state index is 11.6. The van der Waals surface area contributed by atoms with E-state index in [0.29, 0.717) is 35.7 Å². The SMILES string of the molecule is NCCCC(=O)c1cc(Cl)ccc1N. The van der Waals surface area contributed by atoms with E-state index in [1.807, 2.05) is 0 Å². The Morgan fingerprint density at radius 3 is 2.79 bits per heavy atom. The fourth-order valence-electron chi connectivity index (χ4n) is 1.17. The molecule has 0 fully saturated rings. The van der Waals surface area contributed by atoms with E-state index in [2.05, 4.69) is 0 Å². The van der Waals surface area contributed by atoms with Crippen molar-refractivity contribution < 1.29 is 4.79 Å². The van der Waals surface area contributed by atoms with Gasteiger partial charge in [-0.1, -0.05) is 11.6 Å². The van der Waals surface area contributed by atoms with Gasteiger partial charge in [0.15, 0.2) is 5.78 Å². The van der Waals surface area contributed by atoms with Gasteiger partial charge in [-0.05, 0) is 31.2 Å². The van der Waals surface area contributed by atoms with Gasteiger partial charge in [-0.3, -0.25) is 4.79 Å². The van der Waals surface area contributed by atoms with Gasteiger partial charge >= 0.3 is 0 Å². The number of Topliss-reactive ketones (excluding diaryl/α,β-unsaturated/α-hetero) is 1. The molecule has 0 aromatic heterocycles. The highest BCUT2D eigenvalue weighted by Gasteiger charge is 2.09. The largest absolute Gasteiger partial charge is 0.398 e. The summed E-state index contributed by atoms with van der Waals surface area (Å²) in [4.78, 5) is 11.6. The van der Waals surface area contributed by atoms with Crippen molar-refractivity contribution in [2.24, 2.45) is 5.73 Å². The molecule has 1 aromatic carbocycles. The van der Waals surface area contributed by atoms with Gasteiger partial charge in [0.1, 0.15) is 0 Å². The molecule has 0 heterocycles. The quantitative estimate of drug-likeness (QED) is 0.591. The number of nitrogens with two attached hydrogens (primary N) is 2.